The predicted octanol–water partition coefficient (Wildman–Crippen LogP) is 4.64. The number of halogens is 2. The van der Waals surface area contributed by atoms with Crippen LogP contribution >= 0.6 is 11.3 Å². The Kier molecular flexibility index (Phi) is 9.64. The molecule has 0 aliphatic heterocycles. The minimum absolute atomic E-state index is 0.269. The summed E-state index contributed by atoms with van der Waals surface area (Å²) in [5.41, 5.74) is 4.27. The molecule has 5 rings (SSSR count). The van der Waals surface area contributed by atoms with Crippen molar-refractivity contribution in [1.82, 2.24) is 19.0 Å². The molecule has 0 saturated carbocycles. The lowest BCUT2D eigenvalue weighted by molar-refractivity contribution is 0.169. The molecule has 44 heavy (non-hydrogen) atoms. The van der Waals surface area contributed by atoms with E-state index in [1.165, 1.54) is 36.0 Å². The summed E-state index contributed by atoms with van der Waals surface area (Å²) in [6.07, 6.45) is 1.40. The van der Waals surface area contributed by atoms with Crippen LogP contribution in [-0.2, 0) is 30.9 Å². The lowest BCUT2D eigenvalue weighted by Gasteiger charge is -2.18. The van der Waals surface area contributed by atoms with Gasteiger partial charge in [0.1, 0.15) is 16.5 Å². The van der Waals surface area contributed by atoms with Crippen molar-refractivity contribution in [3.05, 3.63) is 116 Å². The SMILES string of the molecule is CONc1ccc(-c2sc3c(c2CN(C)CCc2ccccn2)c(=O)n(CC(C)O)c(=O)n3Cc2c(F)cccc2F)cc1. The van der Waals surface area contributed by atoms with Crippen molar-refractivity contribution in [2.45, 2.75) is 39.1 Å². The maximum absolute atomic E-state index is 14.8. The van der Waals surface area contributed by atoms with Crippen LogP contribution < -0.4 is 16.7 Å². The van der Waals surface area contributed by atoms with Crippen LogP contribution in [0, 0.1) is 11.6 Å². The standard InChI is InChI=1S/C32H33F2N5O4S/c1-20(40)17-38-30(41)28-25(18-37(2)16-14-22-7-4-5-15-35-22)29(21-10-12-23(13-11-21)36-43-3)44-31(28)39(32(38)42)19-24-26(33)8-6-9-27(24)34/h4-13,15,20,36,40H,14,16-19H2,1-3H3. The average Bonchev–Trinajstić information content (AvgIpc) is 3.37. The van der Waals surface area contributed by atoms with E-state index in [4.69, 9.17) is 4.84 Å². The molecule has 0 aliphatic carbocycles. The highest BCUT2D eigenvalue weighted by molar-refractivity contribution is 7.22. The summed E-state index contributed by atoms with van der Waals surface area (Å²) in [7, 11) is 3.44. The summed E-state index contributed by atoms with van der Waals surface area (Å²) < 4.78 is 31.8. The van der Waals surface area contributed by atoms with Gasteiger partial charge in [-0.05, 0) is 61.5 Å². The van der Waals surface area contributed by atoms with E-state index >= 15 is 0 Å². The average molecular weight is 622 g/mol. The Morgan fingerprint density at radius 2 is 1.75 bits per heavy atom. The summed E-state index contributed by atoms with van der Waals surface area (Å²) in [6, 6.07) is 16.6. The van der Waals surface area contributed by atoms with Gasteiger partial charge in [0.2, 0.25) is 0 Å². The molecule has 0 bridgehead atoms. The van der Waals surface area contributed by atoms with Crippen molar-refractivity contribution in [3.63, 3.8) is 0 Å². The van der Waals surface area contributed by atoms with Crippen molar-refractivity contribution in [2.24, 2.45) is 0 Å². The number of nitrogens with one attached hydrogen (secondary N) is 1. The van der Waals surface area contributed by atoms with Crippen LogP contribution in [0.3, 0.4) is 0 Å². The normalized spacial score (nSPS) is 12.2. The number of aliphatic hydroxyl groups excluding tert-OH is 1. The van der Waals surface area contributed by atoms with Gasteiger partial charge in [-0.15, -0.1) is 11.3 Å². The minimum atomic E-state index is -1.01. The third kappa shape index (κ3) is 6.63. The molecule has 0 amide bonds. The van der Waals surface area contributed by atoms with Crippen molar-refractivity contribution in [2.75, 3.05) is 26.2 Å². The first-order chi connectivity index (χ1) is 21.2. The Bertz CT molecular complexity index is 1850. The van der Waals surface area contributed by atoms with E-state index in [0.717, 1.165) is 38.5 Å². The van der Waals surface area contributed by atoms with Crippen LogP contribution in [0.25, 0.3) is 20.7 Å². The van der Waals surface area contributed by atoms with Crippen LogP contribution in [0.2, 0.25) is 0 Å². The number of anilines is 1. The van der Waals surface area contributed by atoms with Gasteiger partial charge in [0.05, 0.1) is 37.4 Å². The molecule has 0 radical (unpaired) electrons. The second-order valence-electron chi connectivity index (χ2n) is 10.6. The lowest BCUT2D eigenvalue weighted by Crippen LogP contribution is -2.42. The van der Waals surface area contributed by atoms with E-state index in [9.17, 15) is 23.5 Å². The monoisotopic (exact) mass is 621 g/mol. The van der Waals surface area contributed by atoms with Crippen molar-refractivity contribution in [1.29, 1.82) is 0 Å². The Hall–Kier alpha value is -4.23. The molecule has 5 aromatic rings. The smallest absolute Gasteiger partial charge is 0.332 e. The quantitative estimate of drug-likeness (QED) is 0.196. The number of nitrogens with zero attached hydrogens (tertiary/aromatic N) is 4. The molecule has 0 spiro atoms. The number of benzene rings is 2. The van der Waals surface area contributed by atoms with E-state index < -0.39 is 35.5 Å². The number of aromatic nitrogens is 3. The molecule has 0 fully saturated rings. The first-order valence-corrected chi connectivity index (χ1v) is 14.9. The van der Waals surface area contributed by atoms with Gasteiger partial charge in [0, 0.05) is 41.8 Å². The van der Waals surface area contributed by atoms with Crippen molar-refractivity contribution >= 4 is 27.2 Å². The summed E-state index contributed by atoms with van der Waals surface area (Å²) in [5.74, 6) is -1.60. The molecule has 2 N–H and O–H groups in total. The summed E-state index contributed by atoms with van der Waals surface area (Å²) >= 11 is 1.22. The first-order valence-electron chi connectivity index (χ1n) is 14.1. The zero-order valence-electron chi connectivity index (χ0n) is 24.6. The van der Waals surface area contributed by atoms with Gasteiger partial charge in [-0.2, -0.15) is 0 Å². The van der Waals surface area contributed by atoms with E-state index in [1.807, 2.05) is 49.5 Å². The second kappa shape index (κ2) is 13.6. The summed E-state index contributed by atoms with van der Waals surface area (Å²) in [6.45, 7) is 1.74. The van der Waals surface area contributed by atoms with Gasteiger partial charge < -0.3 is 10.0 Å². The third-order valence-corrected chi connectivity index (χ3v) is 8.55. The molecule has 12 heteroatoms. The van der Waals surface area contributed by atoms with E-state index in [2.05, 4.69) is 15.4 Å². The molecule has 1 unspecified atom stereocenters. The summed E-state index contributed by atoms with van der Waals surface area (Å²) in [4.78, 5) is 40.3. The van der Waals surface area contributed by atoms with E-state index in [-0.39, 0.29) is 17.5 Å². The minimum Gasteiger partial charge on any atom is -0.392 e. The van der Waals surface area contributed by atoms with Gasteiger partial charge in [-0.3, -0.25) is 29.2 Å². The Balaban J connectivity index is 1.71. The highest BCUT2D eigenvalue weighted by atomic mass is 32.1. The molecule has 2 aromatic carbocycles. The van der Waals surface area contributed by atoms with Gasteiger partial charge in [0.25, 0.3) is 5.56 Å². The van der Waals surface area contributed by atoms with E-state index in [0.29, 0.717) is 29.9 Å². The predicted molar refractivity (Wildman–Crippen MR) is 168 cm³/mol. The van der Waals surface area contributed by atoms with Gasteiger partial charge >= 0.3 is 5.69 Å². The van der Waals surface area contributed by atoms with Crippen molar-refractivity contribution < 1.29 is 18.7 Å². The topological polar surface area (TPSA) is 102 Å². The van der Waals surface area contributed by atoms with Gasteiger partial charge in [-0.1, -0.05) is 24.3 Å². The van der Waals surface area contributed by atoms with E-state index in [1.54, 1.807) is 6.20 Å². The number of aliphatic hydroxyl groups is 1. The molecule has 230 valence electrons. The maximum atomic E-state index is 14.8. The summed E-state index contributed by atoms with van der Waals surface area (Å²) in [5, 5.41) is 10.5. The molecule has 3 heterocycles. The molecule has 9 nitrogen and oxygen atoms in total. The Morgan fingerprint density at radius 3 is 2.39 bits per heavy atom. The third-order valence-electron chi connectivity index (χ3n) is 7.25. The number of hydrogen-bond donors (Lipinski definition) is 2. The number of thiophene rings is 1. The fraction of sp³-hybridized carbons (Fsp3) is 0.281. The molecular formula is C32H33F2N5O4S. The zero-order valence-corrected chi connectivity index (χ0v) is 25.4. The number of pyridine rings is 1. The van der Waals surface area contributed by atoms with Crippen molar-refractivity contribution in [3.8, 4) is 10.4 Å². The number of fused-ring (bicyclic) bond motifs is 1. The fourth-order valence-corrected chi connectivity index (χ4v) is 6.42. The number of hydrogen-bond acceptors (Lipinski definition) is 8. The maximum Gasteiger partial charge on any atom is 0.332 e. The number of likely N-dealkylation sites (N-methyl/N-ethyl adjacent to an activating group) is 1. The fourth-order valence-electron chi connectivity index (χ4n) is 5.11. The zero-order chi connectivity index (χ0) is 31.4. The van der Waals surface area contributed by atoms with Crippen LogP contribution in [0.4, 0.5) is 14.5 Å². The first kappa shape index (κ1) is 31.2. The van der Waals surface area contributed by atoms with Crippen LogP contribution in [0.1, 0.15) is 23.7 Å². The second-order valence-corrected chi connectivity index (χ2v) is 11.6. The van der Waals surface area contributed by atoms with Crippen LogP contribution in [0.5, 0.6) is 0 Å². The Morgan fingerprint density at radius 1 is 1.02 bits per heavy atom. The number of rotatable bonds is 12. The molecule has 0 saturated heterocycles. The van der Waals surface area contributed by atoms with Crippen LogP contribution in [-0.4, -0.2) is 50.9 Å². The molecule has 0 aliphatic rings. The van der Waals surface area contributed by atoms with Crippen LogP contribution in [0.15, 0.2) is 76.4 Å². The van der Waals surface area contributed by atoms with Gasteiger partial charge in [0.15, 0.2) is 0 Å². The highest BCUT2D eigenvalue weighted by Crippen LogP contribution is 2.38. The lowest BCUT2D eigenvalue weighted by atomic mass is 10.1. The Labute approximate surface area is 256 Å². The molecule has 3 aromatic heterocycles. The highest BCUT2D eigenvalue weighted by Gasteiger charge is 2.25. The largest absolute Gasteiger partial charge is 0.392 e. The molecular weight excluding hydrogens is 588 g/mol. The van der Waals surface area contributed by atoms with Gasteiger partial charge in [-0.25, -0.2) is 13.6 Å². The molecule has 1 atom stereocenters.